The van der Waals surface area contributed by atoms with E-state index in [1.54, 1.807) is 42.5 Å². The van der Waals surface area contributed by atoms with Crippen molar-refractivity contribution in [1.82, 2.24) is 0 Å². The van der Waals surface area contributed by atoms with Gasteiger partial charge in [-0.2, -0.15) is 5.26 Å². The van der Waals surface area contributed by atoms with Crippen LogP contribution in [-0.2, 0) is 9.59 Å². The first-order valence-electron chi connectivity index (χ1n) is 7.14. The van der Waals surface area contributed by atoms with E-state index in [1.807, 2.05) is 6.07 Å². The number of anilines is 2. The summed E-state index contributed by atoms with van der Waals surface area (Å²) in [7, 11) is 0. The lowest BCUT2D eigenvalue weighted by Gasteiger charge is -2.08. The lowest BCUT2D eigenvalue weighted by Crippen LogP contribution is -2.21. The van der Waals surface area contributed by atoms with E-state index in [-0.39, 0.29) is 13.2 Å². The van der Waals surface area contributed by atoms with Gasteiger partial charge in [-0.25, -0.2) is 0 Å². The van der Waals surface area contributed by atoms with Crippen LogP contribution < -0.4 is 20.1 Å². The number of hydrogen-bond acceptors (Lipinski definition) is 5. The molecule has 1 aliphatic heterocycles. The van der Waals surface area contributed by atoms with E-state index in [1.165, 1.54) is 0 Å². The van der Waals surface area contributed by atoms with Crippen molar-refractivity contribution in [3.8, 4) is 17.6 Å². The molecular formula is C17H13N3O4. The fourth-order valence-corrected chi connectivity index (χ4v) is 2.21. The molecule has 0 saturated carbocycles. The van der Waals surface area contributed by atoms with E-state index in [2.05, 4.69) is 10.6 Å². The monoisotopic (exact) mass is 323 g/mol. The molecule has 7 nitrogen and oxygen atoms in total. The van der Waals surface area contributed by atoms with Gasteiger partial charge in [0.05, 0.1) is 11.3 Å². The van der Waals surface area contributed by atoms with Crippen molar-refractivity contribution in [2.45, 2.75) is 6.42 Å². The van der Waals surface area contributed by atoms with E-state index < -0.39 is 11.8 Å². The number of nitrogens with zero attached hydrogens (tertiary/aromatic N) is 1. The number of amides is 2. The zero-order valence-corrected chi connectivity index (χ0v) is 12.5. The van der Waals surface area contributed by atoms with Crippen LogP contribution in [0.5, 0.6) is 11.5 Å². The normalized spacial score (nSPS) is 11.5. The molecule has 1 heterocycles. The Morgan fingerprint density at radius 2 is 1.79 bits per heavy atom. The molecule has 2 aromatic carbocycles. The SMILES string of the molecule is N#Cc1ccccc1NC(=O)CC(=O)Nc1ccc2c(c1)OCO2. The number of nitrogens with one attached hydrogen (secondary N) is 2. The lowest BCUT2D eigenvalue weighted by molar-refractivity contribution is -0.123. The summed E-state index contributed by atoms with van der Waals surface area (Å²) in [4.78, 5) is 23.9. The molecule has 7 heteroatoms. The maximum atomic E-state index is 12.0. The van der Waals surface area contributed by atoms with Crippen LogP contribution in [-0.4, -0.2) is 18.6 Å². The van der Waals surface area contributed by atoms with Crippen molar-refractivity contribution in [1.29, 1.82) is 5.26 Å². The molecule has 3 rings (SSSR count). The predicted octanol–water partition coefficient (Wildman–Crippen LogP) is 2.25. The van der Waals surface area contributed by atoms with E-state index in [4.69, 9.17) is 14.7 Å². The molecule has 2 aromatic rings. The summed E-state index contributed by atoms with van der Waals surface area (Å²) in [5.74, 6) is 0.177. The van der Waals surface area contributed by atoms with Gasteiger partial charge in [0.15, 0.2) is 11.5 Å². The molecule has 2 N–H and O–H groups in total. The van der Waals surface area contributed by atoms with Crippen LogP contribution >= 0.6 is 0 Å². The first kappa shape index (κ1) is 15.4. The fourth-order valence-electron chi connectivity index (χ4n) is 2.21. The van der Waals surface area contributed by atoms with Crippen molar-refractivity contribution in [2.75, 3.05) is 17.4 Å². The highest BCUT2D eigenvalue weighted by Crippen LogP contribution is 2.34. The molecule has 0 aliphatic carbocycles. The second-order valence-electron chi connectivity index (χ2n) is 5.00. The summed E-state index contributed by atoms with van der Waals surface area (Å²) < 4.78 is 10.4. The third-order valence-electron chi connectivity index (χ3n) is 3.30. The van der Waals surface area contributed by atoms with Crippen LogP contribution in [0.25, 0.3) is 0 Å². The predicted molar refractivity (Wildman–Crippen MR) is 85.6 cm³/mol. The third kappa shape index (κ3) is 3.44. The summed E-state index contributed by atoms with van der Waals surface area (Å²) in [6, 6.07) is 13.5. The minimum atomic E-state index is -0.504. The Morgan fingerprint density at radius 3 is 2.62 bits per heavy atom. The number of carbonyl (C=O) groups excluding carboxylic acids is 2. The van der Waals surface area contributed by atoms with Crippen LogP contribution in [0.3, 0.4) is 0 Å². The molecular weight excluding hydrogens is 310 g/mol. The minimum Gasteiger partial charge on any atom is -0.454 e. The van der Waals surface area contributed by atoms with Gasteiger partial charge in [-0.05, 0) is 24.3 Å². The number of fused-ring (bicyclic) bond motifs is 1. The first-order chi connectivity index (χ1) is 11.7. The van der Waals surface area contributed by atoms with Gasteiger partial charge in [-0.3, -0.25) is 9.59 Å². The second-order valence-corrected chi connectivity index (χ2v) is 5.00. The molecule has 0 saturated heterocycles. The Hall–Kier alpha value is -3.53. The van der Waals surface area contributed by atoms with Crippen molar-refractivity contribution in [2.24, 2.45) is 0 Å². The number of benzene rings is 2. The second kappa shape index (κ2) is 6.71. The molecule has 0 radical (unpaired) electrons. The smallest absolute Gasteiger partial charge is 0.233 e. The highest BCUT2D eigenvalue weighted by molar-refractivity contribution is 6.08. The Morgan fingerprint density at radius 1 is 1.04 bits per heavy atom. The number of hydrogen-bond donors (Lipinski definition) is 2. The molecule has 120 valence electrons. The largest absolute Gasteiger partial charge is 0.454 e. The molecule has 0 unspecified atom stereocenters. The molecule has 0 atom stereocenters. The maximum Gasteiger partial charge on any atom is 0.233 e. The molecule has 2 amide bonds. The van der Waals surface area contributed by atoms with Gasteiger partial charge in [-0.15, -0.1) is 0 Å². The minimum absolute atomic E-state index is 0.146. The van der Waals surface area contributed by atoms with Gasteiger partial charge in [0.1, 0.15) is 12.5 Å². The third-order valence-corrected chi connectivity index (χ3v) is 3.30. The molecule has 0 bridgehead atoms. The van der Waals surface area contributed by atoms with E-state index in [0.29, 0.717) is 28.4 Å². The number of nitriles is 1. The summed E-state index contributed by atoms with van der Waals surface area (Å²) in [5, 5.41) is 14.2. The molecule has 0 aromatic heterocycles. The molecule has 0 spiro atoms. The molecule has 24 heavy (non-hydrogen) atoms. The Labute approximate surface area is 137 Å². The average Bonchev–Trinajstić information content (AvgIpc) is 3.02. The average molecular weight is 323 g/mol. The summed E-state index contributed by atoms with van der Waals surface area (Å²) in [5.41, 5.74) is 1.22. The highest BCUT2D eigenvalue weighted by atomic mass is 16.7. The number of ether oxygens (including phenoxy) is 2. The highest BCUT2D eigenvalue weighted by Gasteiger charge is 2.15. The maximum absolute atomic E-state index is 12.0. The summed E-state index contributed by atoms with van der Waals surface area (Å²) in [6.07, 6.45) is -0.367. The number of carbonyl (C=O) groups is 2. The van der Waals surface area contributed by atoms with Crippen LogP contribution in [0.15, 0.2) is 42.5 Å². The van der Waals surface area contributed by atoms with Gasteiger partial charge in [0, 0.05) is 11.8 Å². The van der Waals surface area contributed by atoms with Crippen molar-refractivity contribution >= 4 is 23.2 Å². The van der Waals surface area contributed by atoms with Crippen LogP contribution in [0, 0.1) is 11.3 Å². The van der Waals surface area contributed by atoms with Crippen molar-refractivity contribution < 1.29 is 19.1 Å². The van der Waals surface area contributed by atoms with E-state index in [9.17, 15) is 9.59 Å². The Balaban J connectivity index is 1.58. The Kier molecular flexibility index (Phi) is 4.29. The lowest BCUT2D eigenvalue weighted by atomic mass is 10.2. The van der Waals surface area contributed by atoms with E-state index in [0.717, 1.165) is 0 Å². The Bertz CT molecular complexity index is 842. The van der Waals surface area contributed by atoms with Gasteiger partial charge in [0.25, 0.3) is 0 Å². The number of para-hydroxylation sites is 1. The van der Waals surface area contributed by atoms with Gasteiger partial charge >= 0.3 is 0 Å². The van der Waals surface area contributed by atoms with Gasteiger partial charge in [-0.1, -0.05) is 12.1 Å². The van der Waals surface area contributed by atoms with Gasteiger partial charge < -0.3 is 20.1 Å². The quantitative estimate of drug-likeness (QED) is 0.841. The summed E-state index contributed by atoms with van der Waals surface area (Å²) in [6.45, 7) is 0.146. The van der Waals surface area contributed by atoms with Crippen LogP contribution in [0.1, 0.15) is 12.0 Å². The van der Waals surface area contributed by atoms with E-state index >= 15 is 0 Å². The first-order valence-corrected chi connectivity index (χ1v) is 7.14. The zero-order chi connectivity index (χ0) is 16.9. The van der Waals surface area contributed by atoms with Crippen molar-refractivity contribution in [3.63, 3.8) is 0 Å². The zero-order valence-electron chi connectivity index (χ0n) is 12.5. The van der Waals surface area contributed by atoms with Crippen LogP contribution in [0.4, 0.5) is 11.4 Å². The van der Waals surface area contributed by atoms with Gasteiger partial charge in [0.2, 0.25) is 18.6 Å². The summed E-state index contributed by atoms with van der Waals surface area (Å²) >= 11 is 0. The van der Waals surface area contributed by atoms with Crippen LogP contribution in [0.2, 0.25) is 0 Å². The topological polar surface area (TPSA) is 100 Å². The van der Waals surface area contributed by atoms with Crippen molar-refractivity contribution in [3.05, 3.63) is 48.0 Å². The number of rotatable bonds is 4. The molecule has 0 fully saturated rings. The standard InChI is InChI=1S/C17H13N3O4/c18-9-11-3-1-2-4-13(11)20-17(22)8-16(21)19-12-5-6-14-15(7-12)24-10-23-14/h1-7H,8,10H2,(H,19,21)(H,20,22). The fraction of sp³-hybridized carbons (Fsp3) is 0.118. The molecule has 1 aliphatic rings.